The molecule has 1 aliphatic rings. The van der Waals surface area contributed by atoms with Gasteiger partial charge in [0.15, 0.2) is 0 Å². The Hall–Kier alpha value is -1.41. The number of hydrogen-bond donors (Lipinski definition) is 3. The van der Waals surface area contributed by atoms with Crippen LogP contribution < -0.4 is 10.2 Å². The topological polar surface area (TPSA) is 109 Å². The Morgan fingerprint density at radius 1 is 1.35 bits per heavy atom. The molecule has 112 valence electrons. The van der Waals surface area contributed by atoms with Gasteiger partial charge in [-0.05, 0) is 6.92 Å². The van der Waals surface area contributed by atoms with Gasteiger partial charge in [-0.3, -0.25) is 4.79 Å². The van der Waals surface area contributed by atoms with E-state index in [0.717, 1.165) is 0 Å². The van der Waals surface area contributed by atoms with Gasteiger partial charge < -0.3 is 29.2 Å². The van der Waals surface area contributed by atoms with Gasteiger partial charge in [0.25, 0.3) is 0 Å². The largest absolute Gasteiger partial charge is 0.465 e. The molecule has 1 saturated heterocycles. The summed E-state index contributed by atoms with van der Waals surface area (Å²) in [6, 6.07) is 1.18. The van der Waals surface area contributed by atoms with E-state index >= 15 is 0 Å². The van der Waals surface area contributed by atoms with Crippen LogP contribution in [0, 0.1) is 12.8 Å². The van der Waals surface area contributed by atoms with Gasteiger partial charge >= 0.3 is 0 Å². The fourth-order valence-corrected chi connectivity index (χ4v) is 2.13. The Labute approximate surface area is 115 Å². The van der Waals surface area contributed by atoms with Crippen LogP contribution in [0.1, 0.15) is 12.7 Å². The van der Waals surface area contributed by atoms with E-state index in [-0.39, 0.29) is 18.1 Å². The first-order valence-corrected chi connectivity index (χ1v) is 6.33. The van der Waals surface area contributed by atoms with E-state index < -0.39 is 35.9 Å². The highest BCUT2D eigenvalue weighted by Gasteiger charge is 2.43. The third-order valence-corrected chi connectivity index (χ3v) is 3.48. The van der Waals surface area contributed by atoms with Crippen molar-refractivity contribution < 1.29 is 29.2 Å². The molecule has 1 aromatic heterocycles. The standard InChI is InChI=1S/C13H18O7/c1-6-9(5-14)19-13(11(17)10(6)16)20-12-7(2)18-4-3-8(12)15/h3-4,6,9-11,13-14,16-17H,5H2,1-2H3. The Kier molecular flexibility index (Phi) is 4.44. The van der Waals surface area contributed by atoms with Gasteiger partial charge in [-0.1, -0.05) is 6.92 Å². The summed E-state index contributed by atoms with van der Waals surface area (Å²) in [4.78, 5) is 11.7. The van der Waals surface area contributed by atoms with Crippen molar-refractivity contribution in [2.24, 2.45) is 5.92 Å². The Bertz CT molecular complexity index is 510. The smallest absolute Gasteiger partial charge is 0.229 e. The molecule has 0 radical (unpaired) electrons. The molecule has 1 aliphatic heterocycles. The highest BCUT2D eigenvalue weighted by atomic mass is 16.7. The summed E-state index contributed by atoms with van der Waals surface area (Å²) in [6.45, 7) is 2.86. The molecule has 0 aliphatic carbocycles. The minimum absolute atomic E-state index is 0.0880. The van der Waals surface area contributed by atoms with Gasteiger partial charge in [0, 0.05) is 12.0 Å². The molecule has 0 amide bonds. The Morgan fingerprint density at radius 3 is 2.65 bits per heavy atom. The maximum atomic E-state index is 11.7. The lowest BCUT2D eigenvalue weighted by Crippen LogP contribution is -2.56. The fourth-order valence-electron chi connectivity index (χ4n) is 2.13. The van der Waals surface area contributed by atoms with Gasteiger partial charge in [-0.25, -0.2) is 0 Å². The molecular weight excluding hydrogens is 268 g/mol. The summed E-state index contributed by atoms with van der Waals surface area (Å²) in [6.07, 6.45) is -3.15. The van der Waals surface area contributed by atoms with E-state index in [1.165, 1.54) is 19.3 Å². The first-order valence-electron chi connectivity index (χ1n) is 6.33. The predicted octanol–water partition coefficient (Wildman–Crippen LogP) is -0.598. The van der Waals surface area contributed by atoms with E-state index in [1.54, 1.807) is 6.92 Å². The van der Waals surface area contributed by atoms with Crippen LogP contribution in [-0.4, -0.2) is 46.5 Å². The molecule has 2 rings (SSSR count). The second-order valence-corrected chi connectivity index (χ2v) is 4.85. The van der Waals surface area contributed by atoms with Crippen molar-refractivity contribution in [3.8, 4) is 5.75 Å². The summed E-state index contributed by atoms with van der Waals surface area (Å²) in [7, 11) is 0. The SMILES string of the molecule is Cc1occc(=O)c1OC1OC(CO)C(C)C(O)C1O. The normalized spacial score (nSPS) is 34.0. The van der Waals surface area contributed by atoms with Crippen molar-refractivity contribution in [2.75, 3.05) is 6.61 Å². The molecule has 2 heterocycles. The van der Waals surface area contributed by atoms with Crippen LogP contribution in [-0.2, 0) is 4.74 Å². The monoisotopic (exact) mass is 286 g/mol. The van der Waals surface area contributed by atoms with Gasteiger partial charge in [-0.2, -0.15) is 0 Å². The lowest BCUT2D eigenvalue weighted by Gasteiger charge is -2.40. The zero-order valence-electron chi connectivity index (χ0n) is 11.2. The molecule has 7 heteroatoms. The first kappa shape index (κ1) is 15.0. The molecule has 0 bridgehead atoms. The average Bonchev–Trinajstić information content (AvgIpc) is 2.43. The minimum Gasteiger partial charge on any atom is -0.465 e. The van der Waals surface area contributed by atoms with Crippen LogP contribution in [0.4, 0.5) is 0 Å². The first-order chi connectivity index (χ1) is 9.45. The minimum atomic E-state index is -1.33. The van der Waals surface area contributed by atoms with Crippen molar-refractivity contribution >= 4 is 0 Å². The highest BCUT2D eigenvalue weighted by Crippen LogP contribution is 2.27. The Balaban J connectivity index is 2.22. The highest BCUT2D eigenvalue weighted by molar-refractivity contribution is 5.23. The number of rotatable bonds is 3. The molecule has 1 fully saturated rings. The van der Waals surface area contributed by atoms with Crippen molar-refractivity contribution in [3.05, 3.63) is 28.3 Å². The summed E-state index contributed by atoms with van der Waals surface area (Å²) >= 11 is 0. The number of ether oxygens (including phenoxy) is 2. The molecule has 3 N–H and O–H groups in total. The lowest BCUT2D eigenvalue weighted by molar-refractivity contribution is -0.261. The molecule has 7 nitrogen and oxygen atoms in total. The van der Waals surface area contributed by atoms with Crippen LogP contribution in [0.25, 0.3) is 0 Å². The van der Waals surface area contributed by atoms with Crippen LogP contribution in [0.3, 0.4) is 0 Å². The average molecular weight is 286 g/mol. The third kappa shape index (κ3) is 2.71. The quantitative estimate of drug-likeness (QED) is 0.680. The van der Waals surface area contributed by atoms with Crippen LogP contribution in [0.2, 0.25) is 0 Å². The van der Waals surface area contributed by atoms with Crippen molar-refractivity contribution in [1.29, 1.82) is 0 Å². The van der Waals surface area contributed by atoms with E-state index in [0.29, 0.717) is 0 Å². The van der Waals surface area contributed by atoms with Crippen molar-refractivity contribution in [1.82, 2.24) is 0 Å². The summed E-state index contributed by atoms with van der Waals surface area (Å²) in [5.74, 6) is -0.305. The summed E-state index contributed by atoms with van der Waals surface area (Å²) < 4.78 is 15.8. The molecule has 1 aromatic rings. The second kappa shape index (κ2) is 5.92. The number of aliphatic hydroxyl groups is 3. The van der Waals surface area contributed by atoms with Crippen LogP contribution in [0.5, 0.6) is 5.75 Å². The van der Waals surface area contributed by atoms with E-state index in [9.17, 15) is 20.1 Å². The fraction of sp³-hybridized carbons (Fsp3) is 0.615. The molecule has 0 spiro atoms. The zero-order chi connectivity index (χ0) is 14.9. The molecule has 0 saturated carbocycles. The lowest BCUT2D eigenvalue weighted by atomic mass is 9.91. The molecule has 5 unspecified atom stereocenters. The second-order valence-electron chi connectivity index (χ2n) is 4.85. The number of hydrogen-bond acceptors (Lipinski definition) is 7. The van der Waals surface area contributed by atoms with E-state index in [1.807, 2.05) is 0 Å². The maximum Gasteiger partial charge on any atom is 0.229 e. The summed E-state index contributed by atoms with van der Waals surface area (Å²) in [5, 5.41) is 29.1. The molecular formula is C13H18O7. The number of aliphatic hydroxyl groups excluding tert-OH is 3. The van der Waals surface area contributed by atoms with Gasteiger partial charge in [0.1, 0.15) is 11.9 Å². The zero-order valence-corrected chi connectivity index (χ0v) is 11.2. The van der Waals surface area contributed by atoms with Crippen molar-refractivity contribution in [3.63, 3.8) is 0 Å². The van der Waals surface area contributed by atoms with E-state index in [4.69, 9.17) is 13.9 Å². The van der Waals surface area contributed by atoms with Gasteiger partial charge in [0.05, 0.1) is 25.1 Å². The molecule has 5 atom stereocenters. The maximum absolute atomic E-state index is 11.7. The van der Waals surface area contributed by atoms with Crippen molar-refractivity contribution in [2.45, 2.75) is 38.4 Å². The third-order valence-electron chi connectivity index (χ3n) is 3.48. The summed E-state index contributed by atoms with van der Waals surface area (Å²) in [5.41, 5.74) is -0.418. The van der Waals surface area contributed by atoms with Gasteiger partial charge in [-0.15, -0.1) is 0 Å². The van der Waals surface area contributed by atoms with Crippen LogP contribution >= 0.6 is 0 Å². The molecule has 0 aromatic carbocycles. The molecule has 20 heavy (non-hydrogen) atoms. The van der Waals surface area contributed by atoms with E-state index in [2.05, 4.69) is 0 Å². The Morgan fingerprint density at radius 2 is 2.05 bits per heavy atom. The van der Waals surface area contributed by atoms with Gasteiger partial charge in [0.2, 0.25) is 17.5 Å². The predicted molar refractivity (Wildman–Crippen MR) is 67.3 cm³/mol. The number of aryl methyl sites for hydroxylation is 1. The van der Waals surface area contributed by atoms with Crippen LogP contribution in [0.15, 0.2) is 21.5 Å².